The molecule has 0 heterocycles. The Morgan fingerprint density at radius 3 is 2.36 bits per heavy atom. The van der Waals surface area contributed by atoms with Gasteiger partial charge in [0.15, 0.2) is 0 Å². The topological polar surface area (TPSA) is 53.2 Å². The zero-order chi connectivity index (χ0) is 18.9. The lowest BCUT2D eigenvalue weighted by Gasteiger charge is -2.35. The van der Waals surface area contributed by atoms with Gasteiger partial charge in [-0.05, 0) is 34.1 Å². The molecular weight excluding hydrogens is 310 g/mol. The van der Waals surface area contributed by atoms with Gasteiger partial charge in [0.05, 0.1) is 12.0 Å². The molecular formula is C22H29NO2. The van der Waals surface area contributed by atoms with Gasteiger partial charge in [-0.2, -0.15) is 5.26 Å². The van der Waals surface area contributed by atoms with E-state index < -0.39 is 11.7 Å². The second-order valence-corrected chi connectivity index (χ2v) is 8.78. The lowest BCUT2D eigenvalue weighted by molar-refractivity contribution is -0.125. The Morgan fingerprint density at radius 1 is 1.12 bits per heavy atom. The maximum atomic E-state index is 11.0. The van der Waals surface area contributed by atoms with Crippen molar-refractivity contribution in [1.29, 1.82) is 5.26 Å². The average Bonchev–Trinajstić information content (AvgIpc) is 2.48. The molecule has 2 rings (SSSR count). The predicted octanol–water partition coefficient (Wildman–Crippen LogP) is 5.00. The van der Waals surface area contributed by atoms with Crippen LogP contribution < -0.4 is 4.74 Å². The molecule has 0 aliphatic heterocycles. The van der Waals surface area contributed by atoms with E-state index in [1.165, 1.54) is 5.56 Å². The summed E-state index contributed by atoms with van der Waals surface area (Å²) in [5, 5.41) is 20.1. The Bertz CT molecular complexity index is 726. The van der Waals surface area contributed by atoms with Crippen LogP contribution in [0.2, 0.25) is 0 Å². The van der Waals surface area contributed by atoms with Crippen molar-refractivity contribution >= 4 is 0 Å². The van der Waals surface area contributed by atoms with Gasteiger partial charge in [-0.1, -0.05) is 71.9 Å². The highest BCUT2D eigenvalue weighted by Gasteiger charge is 2.38. The number of benzene rings is 1. The Kier molecular flexibility index (Phi) is 5.16. The third-order valence-corrected chi connectivity index (χ3v) is 4.56. The predicted molar refractivity (Wildman–Crippen MR) is 101 cm³/mol. The summed E-state index contributed by atoms with van der Waals surface area (Å²) in [6.07, 6.45) is 7.24. The molecule has 134 valence electrons. The monoisotopic (exact) mass is 339 g/mol. The van der Waals surface area contributed by atoms with Gasteiger partial charge >= 0.3 is 0 Å². The smallest absolute Gasteiger partial charge is 0.235 e. The van der Waals surface area contributed by atoms with E-state index in [0.29, 0.717) is 5.75 Å². The Hall–Kier alpha value is -2.05. The van der Waals surface area contributed by atoms with Gasteiger partial charge in [0, 0.05) is 6.42 Å². The summed E-state index contributed by atoms with van der Waals surface area (Å²) in [5.74, 6) is -1.24. The molecule has 1 aromatic carbocycles. The molecule has 0 aromatic heterocycles. The van der Waals surface area contributed by atoms with Crippen LogP contribution >= 0.6 is 0 Å². The van der Waals surface area contributed by atoms with Crippen molar-refractivity contribution in [1.82, 2.24) is 0 Å². The van der Waals surface area contributed by atoms with Crippen LogP contribution in [-0.4, -0.2) is 10.9 Å². The van der Waals surface area contributed by atoms with Gasteiger partial charge in [-0.15, -0.1) is 0 Å². The van der Waals surface area contributed by atoms with Crippen molar-refractivity contribution in [2.24, 2.45) is 5.92 Å². The average molecular weight is 339 g/mol. The summed E-state index contributed by atoms with van der Waals surface area (Å²) in [7, 11) is 0. The zero-order valence-corrected chi connectivity index (χ0v) is 16.1. The van der Waals surface area contributed by atoms with E-state index >= 15 is 0 Å². The third-order valence-electron chi connectivity index (χ3n) is 4.56. The van der Waals surface area contributed by atoms with Gasteiger partial charge in [0.2, 0.25) is 5.79 Å². The van der Waals surface area contributed by atoms with E-state index in [0.717, 1.165) is 5.56 Å². The van der Waals surface area contributed by atoms with E-state index in [9.17, 15) is 5.11 Å². The van der Waals surface area contributed by atoms with Crippen molar-refractivity contribution in [3.63, 3.8) is 0 Å². The lowest BCUT2D eigenvalue weighted by atomic mass is 9.80. The SMILES string of the molecule is CC(C)(C)c1ccc(OC2(O)C=CC=CC2CC#N)c(C(C)(C)C)c1. The standard InChI is InChI=1S/C22H29NO2/c1-20(2,3)17-10-11-19(18(15-17)21(4,5)6)25-22(24)13-8-7-9-16(22)12-14-23/h7-11,13,15-16,24H,12H2,1-6H3. The van der Waals surface area contributed by atoms with Crippen LogP contribution in [0.15, 0.2) is 42.5 Å². The number of nitrogens with zero attached hydrogens (tertiary/aromatic N) is 1. The van der Waals surface area contributed by atoms with Crippen molar-refractivity contribution < 1.29 is 9.84 Å². The number of allylic oxidation sites excluding steroid dienone is 2. The van der Waals surface area contributed by atoms with Crippen molar-refractivity contribution in [3.05, 3.63) is 53.6 Å². The molecule has 3 nitrogen and oxygen atoms in total. The van der Waals surface area contributed by atoms with Crippen molar-refractivity contribution in [3.8, 4) is 11.8 Å². The number of aliphatic hydroxyl groups is 1. The first-order valence-electron chi connectivity index (χ1n) is 8.77. The molecule has 2 unspecified atom stereocenters. The third kappa shape index (κ3) is 4.32. The highest BCUT2D eigenvalue weighted by Crippen LogP contribution is 2.39. The van der Waals surface area contributed by atoms with E-state index in [1.54, 1.807) is 12.2 Å². The number of nitriles is 1. The van der Waals surface area contributed by atoms with Gasteiger partial charge in [-0.25, -0.2) is 0 Å². The minimum Gasteiger partial charge on any atom is -0.458 e. The van der Waals surface area contributed by atoms with Crippen molar-refractivity contribution in [2.45, 2.75) is 64.6 Å². The normalized spacial score (nSPS) is 23.4. The molecule has 0 spiro atoms. The highest BCUT2D eigenvalue weighted by atomic mass is 16.6. The number of hydrogen-bond donors (Lipinski definition) is 1. The van der Waals surface area contributed by atoms with Crippen molar-refractivity contribution in [2.75, 3.05) is 0 Å². The maximum absolute atomic E-state index is 11.0. The Balaban J connectivity index is 2.47. The Morgan fingerprint density at radius 2 is 1.80 bits per heavy atom. The van der Waals surface area contributed by atoms with Gasteiger partial charge < -0.3 is 9.84 Å². The summed E-state index contributed by atoms with van der Waals surface area (Å²) in [4.78, 5) is 0. The van der Waals surface area contributed by atoms with Crippen LogP contribution in [0, 0.1) is 17.2 Å². The van der Waals surface area contributed by atoms with E-state index in [1.807, 2.05) is 18.2 Å². The molecule has 25 heavy (non-hydrogen) atoms. The second kappa shape index (κ2) is 6.69. The quantitative estimate of drug-likeness (QED) is 0.788. The van der Waals surface area contributed by atoms with Gasteiger partial charge in [0.1, 0.15) is 5.75 Å². The first kappa shape index (κ1) is 19.3. The second-order valence-electron chi connectivity index (χ2n) is 8.78. The Labute approximate surface area is 151 Å². The molecule has 0 bridgehead atoms. The molecule has 0 saturated carbocycles. The summed E-state index contributed by atoms with van der Waals surface area (Å²) < 4.78 is 6.10. The van der Waals surface area contributed by atoms with Crippen LogP contribution in [0.3, 0.4) is 0 Å². The first-order chi connectivity index (χ1) is 11.5. The van der Waals surface area contributed by atoms with Crippen LogP contribution in [0.4, 0.5) is 0 Å². The summed E-state index contributed by atoms with van der Waals surface area (Å²) >= 11 is 0. The number of ether oxygens (including phenoxy) is 1. The highest BCUT2D eigenvalue weighted by molar-refractivity contribution is 5.44. The molecule has 2 atom stereocenters. The molecule has 0 fully saturated rings. The summed E-state index contributed by atoms with van der Waals surface area (Å²) in [6.45, 7) is 12.9. The van der Waals surface area contributed by atoms with Gasteiger partial charge in [-0.3, -0.25) is 0 Å². The molecule has 1 aromatic rings. The van der Waals surface area contributed by atoms with Crippen LogP contribution in [0.25, 0.3) is 0 Å². The van der Waals surface area contributed by atoms with Crippen LogP contribution in [0.1, 0.15) is 59.1 Å². The number of hydrogen-bond acceptors (Lipinski definition) is 3. The number of rotatable bonds is 3. The maximum Gasteiger partial charge on any atom is 0.235 e. The van der Waals surface area contributed by atoms with E-state index in [-0.39, 0.29) is 17.3 Å². The fourth-order valence-corrected chi connectivity index (χ4v) is 2.92. The summed E-state index contributed by atoms with van der Waals surface area (Å²) in [5.41, 5.74) is 2.18. The van der Waals surface area contributed by atoms with E-state index in [4.69, 9.17) is 10.00 Å². The molecule has 1 aliphatic rings. The molecule has 0 saturated heterocycles. The molecule has 3 heteroatoms. The summed E-state index contributed by atoms with van der Waals surface area (Å²) in [6, 6.07) is 8.28. The first-order valence-corrected chi connectivity index (χ1v) is 8.77. The van der Waals surface area contributed by atoms with E-state index in [2.05, 4.69) is 59.7 Å². The largest absolute Gasteiger partial charge is 0.458 e. The molecule has 0 radical (unpaired) electrons. The van der Waals surface area contributed by atoms with Crippen LogP contribution in [0.5, 0.6) is 5.75 Å². The zero-order valence-electron chi connectivity index (χ0n) is 16.1. The fraction of sp³-hybridized carbons (Fsp3) is 0.500. The van der Waals surface area contributed by atoms with Crippen LogP contribution in [-0.2, 0) is 10.8 Å². The minimum atomic E-state index is -1.51. The minimum absolute atomic E-state index is 0.0340. The molecule has 0 amide bonds. The molecule has 1 N–H and O–H groups in total. The fourth-order valence-electron chi connectivity index (χ4n) is 2.92. The lowest BCUT2D eigenvalue weighted by Crippen LogP contribution is -2.42. The van der Waals surface area contributed by atoms with Gasteiger partial charge in [0.25, 0.3) is 0 Å². The molecule has 1 aliphatic carbocycles.